The number of rotatable bonds is 2. The zero-order chi connectivity index (χ0) is 11.8. The minimum atomic E-state index is 0.0207. The Balaban J connectivity index is 2.26. The summed E-state index contributed by atoms with van der Waals surface area (Å²) in [5, 5.41) is 0. The highest BCUT2D eigenvalue weighted by Gasteiger charge is 2.29. The van der Waals surface area contributed by atoms with Crippen LogP contribution in [0.2, 0.25) is 0 Å². The van der Waals surface area contributed by atoms with Crippen molar-refractivity contribution in [1.29, 1.82) is 0 Å². The number of hydrogen-bond acceptors (Lipinski definition) is 2. The summed E-state index contributed by atoms with van der Waals surface area (Å²) in [4.78, 5) is 19.0. The van der Waals surface area contributed by atoms with Crippen molar-refractivity contribution in [2.75, 3.05) is 0 Å². The third kappa shape index (κ3) is 2.26. The molecule has 0 aromatic carbocycles. The predicted molar refractivity (Wildman–Crippen MR) is 66.5 cm³/mol. The molecule has 0 saturated heterocycles. The lowest BCUT2D eigenvalue weighted by molar-refractivity contribution is 0.101. The van der Waals surface area contributed by atoms with Gasteiger partial charge >= 0.3 is 0 Å². The molecule has 16 heavy (non-hydrogen) atoms. The monoisotopic (exact) mass is 282 g/mol. The topological polar surface area (TPSA) is 45.8 Å². The maximum atomic E-state index is 12.1. The number of carbonyl (C=O) groups is 1. The number of aromatic amines is 1. The lowest BCUT2D eigenvalue weighted by Crippen LogP contribution is -2.20. The van der Waals surface area contributed by atoms with E-state index in [1.54, 1.807) is 12.4 Å². The molecule has 3 nitrogen and oxygen atoms in total. The molecule has 0 fully saturated rings. The number of aromatic nitrogens is 2. The number of Topliss-reactive ketones (excluding diaryl/α,β-unsaturated/α-hetero) is 1. The summed E-state index contributed by atoms with van der Waals surface area (Å²) in [6.07, 6.45) is 6.08. The Hall–Kier alpha value is -0.900. The summed E-state index contributed by atoms with van der Waals surface area (Å²) in [5.41, 5.74) is 1.15. The van der Waals surface area contributed by atoms with Crippen molar-refractivity contribution >= 4 is 21.7 Å². The molecule has 86 valence electrons. The van der Waals surface area contributed by atoms with E-state index in [0.29, 0.717) is 5.82 Å². The van der Waals surface area contributed by atoms with E-state index in [0.717, 1.165) is 29.3 Å². The van der Waals surface area contributed by atoms with E-state index in [1.807, 2.05) is 0 Å². The molecular formula is C12H15BrN2O. The number of halogens is 1. The van der Waals surface area contributed by atoms with Gasteiger partial charge in [-0.05, 0) is 24.7 Å². The highest BCUT2D eigenvalue weighted by atomic mass is 79.9. The Labute approximate surface area is 103 Å². The van der Waals surface area contributed by atoms with Crippen LogP contribution in [-0.4, -0.2) is 15.8 Å². The molecule has 1 aliphatic rings. The second kappa shape index (κ2) is 4.17. The van der Waals surface area contributed by atoms with Crippen molar-refractivity contribution < 1.29 is 4.79 Å². The minimum absolute atomic E-state index is 0.0207. The fourth-order valence-electron chi connectivity index (χ4n) is 1.98. The summed E-state index contributed by atoms with van der Waals surface area (Å²) in [6.45, 7) is 4.45. The fourth-order valence-corrected chi connectivity index (χ4v) is 3.12. The van der Waals surface area contributed by atoms with Gasteiger partial charge in [0.15, 0.2) is 5.82 Å². The van der Waals surface area contributed by atoms with Crippen molar-refractivity contribution in [2.45, 2.75) is 33.1 Å². The van der Waals surface area contributed by atoms with Crippen LogP contribution in [0.25, 0.3) is 0 Å². The second-order valence-corrected chi connectivity index (χ2v) is 5.95. The molecule has 2 rings (SSSR count). The summed E-state index contributed by atoms with van der Waals surface area (Å²) in [5.74, 6) is 0.457. The van der Waals surface area contributed by atoms with Crippen LogP contribution in [0.15, 0.2) is 22.4 Å². The van der Waals surface area contributed by atoms with E-state index in [-0.39, 0.29) is 11.2 Å². The average Bonchev–Trinajstić information content (AvgIpc) is 2.68. The summed E-state index contributed by atoms with van der Waals surface area (Å²) in [6, 6.07) is 0. The second-order valence-electron chi connectivity index (χ2n) is 4.99. The van der Waals surface area contributed by atoms with Gasteiger partial charge in [0.2, 0.25) is 5.78 Å². The molecule has 1 N–H and O–H groups in total. The molecule has 1 aromatic rings. The number of nitrogens with one attached hydrogen (secondary N) is 1. The molecule has 4 heteroatoms. The molecule has 1 aromatic heterocycles. The largest absolute Gasteiger partial charge is 0.342 e. The molecule has 1 aliphatic carbocycles. The van der Waals surface area contributed by atoms with Crippen LogP contribution < -0.4 is 0 Å². The van der Waals surface area contributed by atoms with Gasteiger partial charge in [-0.25, -0.2) is 4.98 Å². The normalized spacial score (nSPS) is 19.9. The third-order valence-corrected chi connectivity index (χ3v) is 3.76. The molecule has 0 spiro atoms. The van der Waals surface area contributed by atoms with E-state index in [1.165, 1.54) is 0 Å². The zero-order valence-corrected chi connectivity index (χ0v) is 11.1. The highest BCUT2D eigenvalue weighted by molar-refractivity contribution is 9.11. The standard InChI is InChI=1S/C12H15BrN2O/c1-12(2)4-3-8(9(13)7-12)10(16)11-14-5-6-15-11/h5-6H,3-4,7H2,1-2H3,(H,14,15). The molecule has 0 amide bonds. The van der Waals surface area contributed by atoms with Gasteiger partial charge in [0.05, 0.1) is 0 Å². The number of imidazole rings is 1. The van der Waals surface area contributed by atoms with Crippen molar-refractivity contribution in [1.82, 2.24) is 9.97 Å². The molecule has 0 aliphatic heterocycles. The molecule has 0 bridgehead atoms. The first-order valence-electron chi connectivity index (χ1n) is 5.41. The lowest BCUT2D eigenvalue weighted by Gasteiger charge is -2.30. The van der Waals surface area contributed by atoms with Crippen molar-refractivity contribution in [2.24, 2.45) is 5.41 Å². The van der Waals surface area contributed by atoms with E-state index in [9.17, 15) is 4.79 Å². The smallest absolute Gasteiger partial charge is 0.225 e. The van der Waals surface area contributed by atoms with Crippen LogP contribution in [0.4, 0.5) is 0 Å². The van der Waals surface area contributed by atoms with E-state index < -0.39 is 0 Å². The lowest BCUT2D eigenvalue weighted by atomic mass is 9.77. The van der Waals surface area contributed by atoms with Crippen LogP contribution >= 0.6 is 15.9 Å². The van der Waals surface area contributed by atoms with Gasteiger partial charge in [0.1, 0.15) is 0 Å². The number of nitrogens with zero attached hydrogens (tertiary/aromatic N) is 1. The molecule has 0 atom stereocenters. The Morgan fingerprint density at radius 3 is 2.88 bits per heavy atom. The molecule has 0 saturated carbocycles. The van der Waals surface area contributed by atoms with Crippen molar-refractivity contribution in [3.63, 3.8) is 0 Å². The van der Waals surface area contributed by atoms with E-state index >= 15 is 0 Å². The van der Waals surface area contributed by atoms with Gasteiger partial charge in [-0.3, -0.25) is 4.79 Å². The number of hydrogen-bond donors (Lipinski definition) is 1. The molecule has 0 unspecified atom stereocenters. The van der Waals surface area contributed by atoms with Gasteiger partial charge in [-0.1, -0.05) is 29.8 Å². The van der Waals surface area contributed by atoms with Crippen LogP contribution in [0.1, 0.15) is 43.7 Å². The Morgan fingerprint density at radius 2 is 2.31 bits per heavy atom. The van der Waals surface area contributed by atoms with E-state index in [2.05, 4.69) is 39.7 Å². The molecule has 0 radical (unpaired) electrons. The van der Waals surface area contributed by atoms with Crippen LogP contribution in [-0.2, 0) is 0 Å². The van der Waals surface area contributed by atoms with Gasteiger partial charge in [-0.15, -0.1) is 0 Å². The van der Waals surface area contributed by atoms with Gasteiger partial charge < -0.3 is 4.98 Å². The Bertz CT molecular complexity index is 432. The first-order chi connectivity index (χ1) is 7.49. The highest BCUT2D eigenvalue weighted by Crippen LogP contribution is 2.41. The zero-order valence-electron chi connectivity index (χ0n) is 9.51. The van der Waals surface area contributed by atoms with Gasteiger partial charge in [0.25, 0.3) is 0 Å². The fraction of sp³-hybridized carbons (Fsp3) is 0.500. The Morgan fingerprint density at radius 1 is 1.56 bits per heavy atom. The Kier molecular flexibility index (Phi) is 3.02. The van der Waals surface area contributed by atoms with Crippen molar-refractivity contribution in [3.05, 3.63) is 28.3 Å². The minimum Gasteiger partial charge on any atom is -0.342 e. The average molecular weight is 283 g/mol. The van der Waals surface area contributed by atoms with Gasteiger partial charge in [0, 0.05) is 22.4 Å². The number of allylic oxidation sites excluding steroid dienone is 2. The molecular weight excluding hydrogens is 268 g/mol. The summed E-state index contributed by atoms with van der Waals surface area (Å²) >= 11 is 3.53. The number of H-pyrrole nitrogens is 1. The number of carbonyl (C=O) groups excluding carboxylic acids is 1. The first kappa shape index (κ1) is 11.6. The summed E-state index contributed by atoms with van der Waals surface area (Å²) < 4.78 is 1.03. The first-order valence-corrected chi connectivity index (χ1v) is 6.20. The van der Waals surface area contributed by atoms with Crippen LogP contribution in [0, 0.1) is 5.41 Å². The van der Waals surface area contributed by atoms with Crippen LogP contribution in [0.5, 0.6) is 0 Å². The van der Waals surface area contributed by atoms with Gasteiger partial charge in [-0.2, -0.15) is 0 Å². The SMILES string of the molecule is CC1(C)CCC(C(=O)c2ncc[nH]2)=C(Br)C1. The third-order valence-electron chi connectivity index (χ3n) is 3.00. The summed E-state index contributed by atoms with van der Waals surface area (Å²) in [7, 11) is 0. The van der Waals surface area contributed by atoms with Crippen molar-refractivity contribution in [3.8, 4) is 0 Å². The van der Waals surface area contributed by atoms with E-state index in [4.69, 9.17) is 0 Å². The van der Waals surface area contributed by atoms with Crippen LogP contribution in [0.3, 0.4) is 0 Å². The number of ketones is 1. The quantitative estimate of drug-likeness (QED) is 0.845. The molecule has 1 heterocycles. The maximum Gasteiger partial charge on any atom is 0.225 e. The predicted octanol–water partition coefficient (Wildman–Crippen LogP) is 3.45. The maximum absolute atomic E-state index is 12.1.